The third-order valence-corrected chi connectivity index (χ3v) is 4.51. The summed E-state index contributed by atoms with van der Waals surface area (Å²) in [5.41, 5.74) is 2.85. The van der Waals surface area contributed by atoms with E-state index in [2.05, 4.69) is 41.4 Å². The van der Waals surface area contributed by atoms with Gasteiger partial charge in [0.1, 0.15) is 5.82 Å². The van der Waals surface area contributed by atoms with Crippen LogP contribution in [0, 0.1) is 12.7 Å². The van der Waals surface area contributed by atoms with Crippen LogP contribution in [0.4, 0.5) is 4.39 Å². The van der Waals surface area contributed by atoms with Gasteiger partial charge in [0.05, 0.1) is 19.3 Å². The highest BCUT2D eigenvalue weighted by atomic mass is 19.1. The number of rotatable bonds is 5. The lowest BCUT2D eigenvalue weighted by molar-refractivity contribution is 0.0162. The second kappa shape index (κ2) is 8.23. The first-order valence-corrected chi connectivity index (χ1v) is 8.55. The maximum Gasteiger partial charge on any atom is 0.251 e. The van der Waals surface area contributed by atoms with Crippen molar-refractivity contribution in [2.75, 3.05) is 32.8 Å². The lowest BCUT2D eigenvalue weighted by atomic mass is 10.0. The molecule has 3 rings (SSSR count). The van der Waals surface area contributed by atoms with Gasteiger partial charge in [-0.1, -0.05) is 29.8 Å². The smallest absolute Gasteiger partial charge is 0.251 e. The SMILES string of the molecule is Cc1ccc(C(CNC(=O)c2ccc(F)cc2)N2CCOCC2)cc1. The minimum atomic E-state index is -0.345. The van der Waals surface area contributed by atoms with E-state index in [9.17, 15) is 9.18 Å². The minimum absolute atomic E-state index is 0.0916. The van der Waals surface area contributed by atoms with Crippen LogP contribution < -0.4 is 5.32 Å². The van der Waals surface area contributed by atoms with Crippen LogP contribution in [-0.2, 0) is 4.74 Å². The van der Waals surface area contributed by atoms with Crippen molar-refractivity contribution in [2.24, 2.45) is 0 Å². The molecule has 25 heavy (non-hydrogen) atoms. The predicted octanol–water partition coefficient (Wildman–Crippen LogP) is 2.94. The zero-order valence-corrected chi connectivity index (χ0v) is 14.4. The summed E-state index contributed by atoms with van der Waals surface area (Å²) >= 11 is 0. The maximum atomic E-state index is 13.0. The van der Waals surface area contributed by atoms with Gasteiger partial charge in [0.25, 0.3) is 5.91 Å². The lowest BCUT2D eigenvalue weighted by Crippen LogP contribution is -2.43. The fourth-order valence-corrected chi connectivity index (χ4v) is 3.03. The number of aryl methyl sites for hydroxylation is 1. The Morgan fingerprint density at radius 1 is 1.12 bits per heavy atom. The van der Waals surface area contributed by atoms with Crippen molar-refractivity contribution >= 4 is 5.91 Å². The molecule has 0 saturated carbocycles. The monoisotopic (exact) mass is 342 g/mol. The van der Waals surface area contributed by atoms with Crippen molar-refractivity contribution in [1.29, 1.82) is 0 Å². The van der Waals surface area contributed by atoms with Crippen LogP contribution in [0.5, 0.6) is 0 Å². The lowest BCUT2D eigenvalue weighted by Gasteiger charge is -2.35. The normalized spacial score (nSPS) is 16.4. The number of amides is 1. The van der Waals surface area contributed by atoms with Gasteiger partial charge in [-0.05, 0) is 36.8 Å². The second-order valence-electron chi connectivity index (χ2n) is 6.29. The predicted molar refractivity (Wildman–Crippen MR) is 95.0 cm³/mol. The molecule has 1 aliphatic rings. The van der Waals surface area contributed by atoms with Gasteiger partial charge >= 0.3 is 0 Å². The summed E-state index contributed by atoms with van der Waals surface area (Å²) in [7, 11) is 0. The van der Waals surface area contributed by atoms with Crippen LogP contribution in [0.3, 0.4) is 0 Å². The van der Waals surface area contributed by atoms with Gasteiger partial charge in [-0.25, -0.2) is 4.39 Å². The first-order chi connectivity index (χ1) is 12.1. The molecule has 1 atom stereocenters. The Morgan fingerprint density at radius 2 is 1.76 bits per heavy atom. The van der Waals surface area contributed by atoms with Gasteiger partial charge in [0.2, 0.25) is 0 Å². The number of hydrogen-bond acceptors (Lipinski definition) is 3. The highest BCUT2D eigenvalue weighted by Gasteiger charge is 2.23. The number of ether oxygens (including phenoxy) is 1. The van der Waals surface area contributed by atoms with E-state index in [0.717, 1.165) is 13.1 Å². The molecule has 1 fully saturated rings. The molecule has 0 aliphatic carbocycles. The number of carbonyl (C=O) groups excluding carboxylic acids is 1. The molecular formula is C20H23FN2O2. The summed E-state index contributed by atoms with van der Waals surface area (Å²) in [6, 6.07) is 14.1. The Labute approximate surface area is 147 Å². The molecule has 2 aromatic rings. The van der Waals surface area contributed by atoms with Crippen LogP contribution >= 0.6 is 0 Å². The quantitative estimate of drug-likeness (QED) is 0.908. The molecule has 0 bridgehead atoms. The number of nitrogens with zero attached hydrogens (tertiary/aromatic N) is 1. The summed E-state index contributed by atoms with van der Waals surface area (Å²) in [6.07, 6.45) is 0. The number of morpholine rings is 1. The van der Waals surface area contributed by atoms with E-state index < -0.39 is 0 Å². The molecule has 5 heteroatoms. The van der Waals surface area contributed by atoms with E-state index in [1.165, 1.54) is 35.4 Å². The summed E-state index contributed by atoms with van der Waals surface area (Å²) in [4.78, 5) is 14.7. The second-order valence-corrected chi connectivity index (χ2v) is 6.29. The molecule has 0 spiro atoms. The minimum Gasteiger partial charge on any atom is -0.379 e. The molecule has 1 aliphatic heterocycles. The Balaban J connectivity index is 1.71. The number of benzene rings is 2. The van der Waals surface area contributed by atoms with Gasteiger partial charge in [-0.15, -0.1) is 0 Å². The van der Waals surface area contributed by atoms with Gasteiger partial charge < -0.3 is 10.1 Å². The molecule has 132 valence electrons. The topological polar surface area (TPSA) is 41.6 Å². The van der Waals surface area contributed by atoms with Crippen LogP contribution in [0.1, 0.15) is 27.5 Å². The number of hydrogen-bond donors (Lipinski definition) is 1. The molecule has 1 amide bonds. The van der Waals surface area contributed by atoms with Gasteiger partial charge in [-0.3, -0.25) is 9.69 Å². The van der Waals surface area contributed by atoms with Crippen molar-refractivity contribution in [1.82, 2.24) is 10.2 Å². The Bertz CT molecular complexity index is 695. The fraction of sp³-hybridized carbons (Fsp3) is 0.350. The van der Waals surface area contributed by atoms with Crippen LogP contribution in [0.15, 0.2) is 48.5 Å². The number of halogens is 1. The zero-order chi connectivity index (χ0) is 17.6. The molecule has 1 unspecified atom stereocenters. The molecule has 1 heterocycles. The molecule has 1 N–H and O–H groups in total. The van der Waals surface area contributed by atoms with Crippen LogP contribution in [0.2, 0.25) is 0 Å². The van der Waals surface area contributed by atoms with E-state index in [0.29, 0.717) is 25.3 Å². The molecule has 0 radical (unpaired) electrons. The molecule has 4 nitrogen and oxygen atoms in total. The van der Waals surface area contributed by atoms with Crippen LogP contribution in [-0.4, -0.2) is 43.7 Å². The Hall–Kier alpha value is -2.24. The first-order valence-electron chi connectivity index (χ1n) is 8.55. The van der Waals surface area contributed by atoms with Gasteiger partial charge in [0, 0.05) is 25.2 Å². The van der Waals surface area contributed by atoms with E-state index in [1.54, 1.807) is 0 Å². The number of carbonyl (C=O) groups is 1. The average molecular weight is 342 g/mol. The van der Waals surface area contributed by atoms with Gasteiger partial charge in [0.15, 0.2) is 0 Å². The van der Waals surface area contributed by atoms with Crippen LogP contribution in [0.25, 0.3) is 0 Å². The Morgan fingerprint density at radius 3 is 2.40 bits per heavy atom. The van der Waals surface area contributed by atoms with Crippen molar-refractivity contribution in [2.45, 2.75) is 13.0 Å². The van der Waals surface area contributed by atoms with Gasteiger partial charge in [-0.2, -0.15) is 0 Å². The van der Waals surface area contributed by atoms with E-state index in [4.69, 9.17) is 4.74 Å². The third-order valence-electron chi connectivity index (χ3n) is 4.51. The summed E-state index contributed by atoms with van der Waals surface area (Å²) in [5.74, 6) is -0.534. The molecular weight excluding hydrogens is 319 g/mol. The van der Waals surface area contributed by atoms with Crippen molar-refractivity contribution < 1.29 is 13.9 Å². The standard InChI is InChI=1S/C20H23FN2O2/c1-15-2-4-16(5-3-15)19(23-10-12-25-13-11-23)14-22-20(24)17-6-8-18(21)9-7-17/h2-9,19H,10-14H2,1H3,(H,22,24). The summed E-state index contributed by atoms with van der Waals surface area (Å²) in [6.45, 7) is 5.64. The largest absolute Gasteiger partial charge is 0.379 e. The highest BCUT2D eigenvalue weighted by Crippen LogP contribution is 2.22. The Kier molecular flexibility index (Phi) is 5.79. The van der Waals surface area contributed by atoms with E-state index in [-0.39, 0.29) is 17.8 Å². The summed E-state index contributed by atoms with van der Waals surface area (Å²) in [5, 5.41) is 2.99. The number of nitrogens with one attached hydrogen (secondary N) is 1. The fourth-order valence-electron chi connectivity index (χ4n) is 3.03. The highest BCUT2D eigenvalue weighted by molar-refractivity contribution is 5.94. The maximum absolute atomic E-state index is 13.0. The third kappa shape index (κ3) is 4.65. The van der Waals surface area contributed by atoms with E-state index in [1.807, 2.05) is 0 Å². The van der Waals surface area contributed by atoms with Crippen molar-refractivity contribution in [3.8, 4) is 0 Å². The molecule has 1 saturated heterocycles. The van der Waals surface area contributed by atoms with Crippen molar-refractivity contribution in [3.05, 3.63) is 71.0 Å². The molecule has 0 aromatic heterocycles. The average Bonchev–Trinajstić information content (AvgIpc) is 2.64. The van der Waals surface area contributed by atoms with Crippen molar-refractivity contribution in [3.63, 3.8) is 0 Å². The zero-order valence-electron chi connectivity index (χ0n) is 14.4. The van der Waals surface area contributed by atoms with E-state index >= 15 is 0 Å². The summed E-state index contributed by atoms with van der Waals surface area (Å²) < 4.78 is 18.5. The molecule has 2 aromatic carbocycles. The first kappa shape index (κ1) is 17.6.